The van der Waals surface area contributed by atoms with Crippen molar-refractivity contribution in [3.63, 3.8) is 0 Å². The molecule has 10 heteroatoms. The lowest BCUT2D eigenvalue weighted by atomic mass is 10.1. The lowest BCUT2D eigenvalue weighted by Crippen LogP contribution is -2.49. The van der Waals surface area contributed by atoms with Crippen LogP contribution in [0.15, 0.2) is 60.7 Å². The average Bonchev–Trinajstić information content (AvgIpc) is 2.80. The minimum Gasteiger partial charge on any atom is -0.457 e. The quantitative estimate of drug-likeness (QED) is 0.660. The molecule has 4 rings (SSSR count). The smallest absolute Gasteiger partial charge is 0.416 e. The average molecular weight is 443 g/mol. The van der Waals surface area contributed by atoms with Crippen LogP contribution >= 0.6 is 0 Å². The molecule has 0 atom stereocenters. The summed E-state index contributed by atoms with van der Waals surface area (Å²) in [6, 6.07) is 14.4. The number of piperazine rings is 1. The zero-order valence-electron chi connectivity index (χ0n) is 16.9. The number of nitrogen functional groups attached to an aromatic ring is 1. The summed E-state index contributed by atoms with van der Waals surface area (Å²) in [7, 11) is 0. The second kappa shape index (κ2) is 8.74. The van der Waals surface area contributed by atoms with Gasteiger partial charge >= 0.3 is 6.18 Å². The van der Waals surface area contributed by atoms with Gasteiger partial charge in [0.25, 0.3) is 5.91 Å². The van der Waals surface area contributed by atoms with Gasteiger partial charge in [-0.15, -0.1) is 10.2 Å². The molecular formula is C22H20F3N5O2. The van der Waals surface area contributed by atoms with E-state index in [1.165, 1.54) is 12.1 Å². The minimum atomic E-state index is -4.39. The normalized spacial score (nSPS) is 14.3. The summed E-state index contributed by atoms with van der Waals surface area (Å²) < 4.78 is 43.5. The Labute approximate surface area is 182 Å². The molecule has 1 saturated heterocycles. The van der Waals surface area contributed by atoms with Gasteiger partial charge in [-0.05, 0) is 60.7 Å². The van der Waals surface area contributed by atoms with E-state index in [0.717, 1.165) is 18.0 Å². The van der Waals surface area contributed by atoms with Crippen LogP contribution in [-0.4, -0.2) is 47.2 Å². The molecule has 2 aromatic carbocycles. The monoisotopic (exact) mass is 443 g/mol. The first-order valence-electron chi connectivity index (χ1n) is 9.88. The fourth-order valence-electron chi connectivity index (χ4n) is 3.34. The largest absolute Gasteiger partial charge is 0.457 e. The van der Waals surface area contributed by atoms with Crippen molar-refractivity contribution in [2.45, 2.75) is 6.18 Å². The van der Waals surface area contributed by atoms with Crippen molar-refractivity contribution in [1.82, 2.24) is 15.1 Å². The maximum atomic E-state index is 12.8. The molecule has 7 nitrogen and oxygen atoms in total. The third-order valence-electron chi connectivity index (χ3n) is 5.08. The van der Waals surface area contributed by atoms with Crippen molar-refractivity contribution in [1.29, 1.82) is 0 Å². The van der Waals surface area contributed by atoms with E-state index < -0.39 is 11.7 Å². The molecule has 0 spiro atoms. The number of alkyl halides is 3. The highest BCUT2D eigenvalue weighted by molar-refractivity contribution is 5.94. The highest BCUT2D eigenvalue weighted by Gasteiger charge is 2.30. The van der Waals surface area contributed by atoms with Crippen molar-refractivity contribution >= 4 is 17.5 Å². The van der Waals surface area contributed by atoms with Crippen LogP contribution < -0.4 is 15.4 Å². The summed E-state index contributed by atoms with van der Waals surface area (Å²) in [5.41, 5.74) is 5.33. The predicted octanol–water partition coefficient (Wildman–Crippen LogP) is 3.83. The van der Waals surface area contributed by atoms with E-state index in [2.05, 4.69) is 10.2 Å². The van der Waals surface area contributed by atoms with Gasteiger partial charge < -0.3 is 20.3 Å². The molecule has 2 N–H and O–H groups in total. The van der Waals surface area contributed by atoms with E-state index in [0.29, 0.717) is 43.3 Å². The number of carbonyl (C=O) groups excluding carboxylic acids is 1. The number of ether oxygens (including phenoxy) is 1. The van der Waals surface area contributed by atoms with Crippen LogP contribution in [0.2, 0.25) is 0 Å². The molecule has 32 heavy (non-hydrogen) atoms. The van der Waals surface area contributed by atoms with E-state index in [-0.39, 0.29) is 11.7 Å². The van der Waals surface area contributed by atoms with Gasteiger partial charge in [-0.3, -0.25) is 4.79 Å². The lowest BCUT2D eigenvalue weighted by Gasteiger charge is -2.35. The van der Waals surface area contributed by atoms with E-state index in [9.17, 15) is 18.0 Å². The van der Waals surface area contributed by atoms with E-state index in [1.807, 2.05) is 4.90 Å². The fraction of sp³-hybridized carbons (Fsp3) is 0.227. The number of amides is 1. The number of aromatic nitrogens is 2. The molecule has 1 aromatic heterocycles. The number of hydrogen-bond donors (Lipinski definition) is 1. The highest BCUT2D eigenvalue weighted by Crippen LogP contribution is 2.31. The number of nitrogens with zero attached hydrogens (tertiary/aromatic N) is 4. The molecule has 166 valence electrons. The first-order valence-corrected chi connectivity index (χ1v) is 9.88. The van der Waals surface area contributed by atoms with Crippen LogP contribution in [0.3, 0.4) is 0 Å². The summed E-state index contributed by atoms with van der Waals surface area (Å²) >= 11 is 0. The van der Waals surface area contributed by atoms with Crippen LogP contribution in [0, 0.1) is 0 Å². The molecule has 0 radical (unpaired) electrons. The zero-order chi connectivity index (χ0) is 22.7. The highest BCUT2D eigenvalue weighted by atomic mass is 19.4. The molecule has 0 aliphatic carbocycles. The molecular weight excluding hydrogens is 423 g/mol. The maximum Gasteiger partial charge on any atom is 0.416 e. The number of benzene rings is 2. The Morgan fingerprint density at radius 1 is 0.844 bits per heavy atom. The van der Waals surface area contributed by atoms with Gasteiger partial charge in [0.1, 0.15) is 17.3 Å². The summed E-state index contributed by atoms with van der Waals surface area (Å²) in [4.78, 5) is 16.6. The molecule has 0 unspecified atom stereocenters. The van der Waals surface area contributed by atoms with Gasteiger partial charge in [-0.2, -0.15) is 13.2 Å². The van der Waals surface area contributed by atoms with Gasteiger partial charge in [0.2, 0.25) is 0 Å². The number of halogens is 3. The number of rotatable bonds is 4. The Kier molecular flexibility index (Phi) is 5.85. The Morgan fingerprint density at radius 2 is 1.44 bits per heavy atom. The van der Waals surface area contributed by atoms with Crippen molar-refractivity contribution < 1.29 is 22.7 Å². The summed E-state index contributed by atoms with van der Waals surface area (Å²) in [6.45, 7) is 2.32. The standard InChI is InChI=1S/C22H20F3N5O2/c23-22(24,25)16-3-7-18(8-4-16)32-17-5-1-15(2-6-17)21(31)30-13-11-29(12-14-30)20-10-9-19(26)27-28-20/h1-10H,11-14H2,(H2,26,27). The number of nitrogens with two attached hydrogens (primary N) is 1. The third-order valence-corrected chi connectivity index (χ3v) is 5.08. The Morgan fingerprint density at radius 3 is 1.97 bits per heavy atom. The third kappa shape index (κ3) is 4.90. The Bertz CT molecular complexity index is 1060. The maximum absolute atomic E-state index is 12.8. The van der Waals surface area contributed by atoms with Gasteiger partial charge in [0.15, 0.2) is 5.82 Å². The Hall–Kier alpha value is -3.82. The molecule has 0 saturated carbocycles. The van der Waals surface area contributed by atoms with Crippen LogP contribution in [0.4, 0.5) is 24.8 Å². The molecule has 0 bridgehead atoms. The predicted molar refractivity (Wildman–Crippen MR) is 113 cm³/mol. The first-order chi connectivity index (χ1) is 15.3. The van der Waals surface area contributed by atoms with E-state index in [1.54, 1.807) is 41.3 Å². The summed E-state index contributed by atoms with van der Waals surface area (Å²) in [5, 5.41) is 7.92. The Balaban J connectivity index is 1.34. The number of anilines is 2. The fourth-order valence-corrected chi connectivity index (χ4v) is 3.34. The SMILES string of the molecule is Nc1ccc(N2CCN(C(=O)c3ccc(Oc4ccc(C(F)(F)F)cc4)cc3)CC2)nn1. The molecule has 1 fully saturated rings. The van der Waals surface area contributed by atoms with E-state index >= 15 is 0 Å². The molecule has 2 heterocycles. The van der Waals surface area contributed by atoms with Crippen LogP contribution in [-0.2, 0) is 6.18 Å². The van der Waals surface area contributed by atoms with Crippen molar-refractivity contribution in [3.05, 3.63) is 71.8 Å². The zero-order valence-corrected chi connectivity index (χ0v) is 16.9. The molecule has 3 aromatic rings. The topological polar surface area (TPSA) is 84.6 Å². The molecule has 1 aliphatic rings. The van der Waals surface area contributed by atoms with Crippen LogP contribution in [0.1, 0.15) is 15.9 Å². The van der Waals surface area contributed by atoms with E-state index in [4.69, 9.17) is 10.5 Å². The van der Waals surface area contributed by atoms with Crippen molar-refractivity contribution in [3.8, 4) is 11.5 Å². The van der Waals surface area contributed by atoms with Crippen LogP contribution in [0.25, 0.3) is 0 Å². The second-order valence-corrected chi connectivity index (χ2v) is 7.24. The first kappa shape index (κ1) is 21.4. The van der Waals surface area contributed by atoms with Gasteiger partial charge in [-0.1, -0.05) is 0 Å². The second-order valence-electron chi connectivity index (χ2n) is 7.24. The molecule has 1 aliphatic heterocycles. The molecule has 1 amide bonds. The van der Waals surface area contributed by atoms with Gasteiger partial charge in [0, 0.05) is 31.7 Å². The van der Waals surface area contributed by atoms with Crippen LogP contribution in [0.5, 0.6) is 11.5 Å². The summed E-state index contributed by atoms with van der Waals surface area (Å²) in [5.74, 6) is 1.67. The van der Waals surface area contributed by atoms with Gasteiger partial charge in [0.05, 0.1) is 5.56 Å². The number of hydrogen-bond acceptors (Lipinski definition) is 6. The summed E-state index contributed by atoms with van der Waals surface area (Å²) in [6.07, 6.45) is -4.39. The lowest BCUT2D eigenvalue weighted by molar-refractivity contribution is -0.137. The van der Waals surface area contributed by atoms with Crippen molar-refractivity contribution in [2.24, 2.45) is 0 Å². The number of carbonyl (C=O) groups is 1. The minimum absolute atomic E-state index is 0.103. The van der Waals surface area contributed by atoms with Crippen molar-refractivity contribution in [2.75, 3.05) is 36.8 Å². The van der Waals surface area contributed by atoms with Gasteiger partial charge in [-0.25, -0.2) is 0 Å².